The molecule has 0 spiro atoms. The highest BCUT2D eigenvalue weighted by Gasteiger charge is 2.28. The SMILES string of the molecule is CCSCC(C)NCC(C)(C)C(=O)OC. The van der Waals surface area contributed by atoms with Crippen LogP contribution in [-0.2, 0) is 9.53 Å². The molecule has 0 aliphatic rings. The van der Waals surface area contributed by atoms with Gasteiger partial charge in [-0.15, -0.1) is 0 Å². The van der Waals surface area contributed by atoms with Crippen LogP contribution >= 0.6 is 11.8 Å². The van der Waals surface area contributed by atoms with Crippen LogP contribution in [0.1, 0.15) is 27.7 Å². The zero-order valence-electron chi connectivity index (χ0n) is 10.4. The second-order valence-electron chi connectivity index (χ2n) is 4.32. The van der Waals surface area contributed by atoms with Gasteiger partial charge in [-0.1, -0.05) is 6.92 Å². The molecule has 0 aromatic rings. The van der Waals surface area contributed by atoms with Crippen molar-refractivity contribution in [2.24, 2.45) is 5.41 Å². The lowest BCUT2D eigenvalue weighted by molar-refractivity contribution is -0.150. The van der Waals surface area contributed by atoms with Crippen LogP contribution in [0.4, 0.5) is 0 Å². The van der Waals surface area contributed by atoms with E-state index < -0.39 is 5.41 Å². The molecular formula is C11H23NO2S. The van der Waals surface area contributed by atoms with E-state index in [2.05, 4.69) is 19.2 Å². The first-order valence-electron chi connectivity index (χ1n) is 5.33. The summed E-state index contributed by atoms with van der Waals surface area (Å²) in [7, 11) is 1.43. The molecule has 0 heterocycles. The summed E-state index contributed by atoms with van der Waals surface area (Å²) in [6.45, 7) is 8.73. The summed E-state index contributed by atoms with van der Waals surface area (Å²) in [5, 5.41) is 3.35. The third kappa shape index (κ3) is 6.05. The van der Waals surface area contributed by atoms with Gasteiger partial charge in [0.05, 0.1) is 12.5 Å². The second kappa shape index (κ2) is 7.12. The van der Waals surface area contributed by atoms with Crippen LogP contribution in [0.2, 0.25) is 0 Å². The van der Waals surface area contributed by atoms with E-state index in [9.17, 15) is 4.79 Å². The van der Waals surface area contributed by atoms with Gasteiger partial charge in [-0.2, -0.15) is 11.8 Å². The molecule has 0 fully saturated rings. The Morgan fingerprint density at radius 2 is 2.13 bits per heavy atom. The fourth-order valence-electron chi connectivity index (χ4n) is 1.13. The topological polar surface area (TPSA) is 38.3 Å². The van der Waals surface area contributed by atoms with Crippen LogP contribution in [0, 0.1) is 5.41 Å². The van der Waals surface area contributed by atoms with E-state index in [4.69, 9.17) is 4.74 Å². The number of thioether (sulfide) groups is 1. The molecule has 3 nitrogen and oxygen atoms in total. The molecule has 1 unspecified atom stereocenters. The van der Waals surface area contributed by atoms with Crippen molar-refractivity contribution in [1.82, 2.24) is 5.32 Å². The fourth-order valence-corrected chi connectivity index (χ4v) is 1.84. The molecule has 0 saturated heterocycles. The number of esters is 1. The molecule has 15 heavy (non-hydrogen) atoms. The number of methoxy groups -OCH3 is 1. The lowest BCUT2D eigenvalue weighted by Gasteiger charge is -2.24. The molecule has 1 atom stereocenters. The Balaban J connectivity index is 3.87. The first kappa shape index (κ1) is 14.8. The third-order valence-corrected chi connectivity index (χ3v) is 3.35. The van der Waals surface area contributed by atoms with E-state index in [1.54, 1.807) is 0 Å². The van der Waals surface area contributed by atoms with Crippen LogP contribution < -0.4 is 5.32 Å². The van der Waals surface area contributed by atoms with Gasteiger partial charge in [0.15, 0.2) is 0 Å². The van der Waals surface area contributed by atoms with E-state index in [0.717, 1.165) is 11.5 Å². The summed E-state index contributed by atoms with van der Waals surface area (Å²) in [5.41, 5.74) is -0.445. The third-order valence-electron chi connectivity index (χ3n) is 2.20. The number of hydrogen-bond acceptors (Lipinski definition) is 4. The van der Waals surface area contributed by atoms with Crippen molar-refractivity contribution in [2.45, 2.75) is 33.7 Å². The van der Waals surface area contributed by atoms with Crippen LogP contribution in [0.25, 0.3) is 0 Å². The van der Waals surface area contributed by atoms with Crippen LogP contribution in [-0.4, -0.2) is 37.2 Å². The van der Waals surface area contributed by atoms with E-state index in [0.29, 0.717) is 12.6 Å². The van der Waals surface area contributed by atoms with Crippen molar-refractivity contribution in [3.05, 3.63) is 0 Å². The number of hydrogen-bond donors (Lipinski definition) is 1. The maximum Gasteiger partial charge on any atom is 0.312 e. The van der Waals surface area contributed by atoms with Crippen molar-refractivity contribution < 1.29 is 9.53 Å². The Labute approximate surface area is 97.3 Å². The first-order chi connectivity index (χ1) is 6.94. The summed E-state index contributed by atoms with van der Waals surface area (Å²) < 4.78 is 4.74. The predicted octanol–water partition coefficient (Wildman–Crippen LogP) is 1.92. The number of ether oxygens (including phenoxy) is 1. The molecule has 0 aromatic heterocycles. The first-order valence-corrected chi connectivity index (χ1v) is 6.49. The molecule has 0 aromatic carbocycles. The summed E-state index contributed by atoms with van der Waals surface area (Å²) in [6.07, 6.45) is 0. The average molecular weight is 233 g/mol. The number of rotatable bonds is 7. The zero-order valence-corrected chi connectivity index (χ0v) is 11.2. The molecule has 1 N–H and O–H groups in total. The largest absolute Gasteiger partial charge is 0.469 e. The van der Waals surface area contributed by atoms with Crippen molar-refractivity contribution in [1.29, 1.82) is 0 Å². The minimum Gasteiger partial charge on any atom is -0.469 e. The van der Waals surface area contributed by atoms with Gasteiger partial charge in [0, 0.05) is 18.3 Å². The predicted molar refractivity (Wildman–Crippen MR) is 66.3 cm³/mol. The van der Waals surface area contributed by atoms with Gasteiger partial charge in [0.1, 0.15) is 0 Å². The summed E-state index contributed by atoms with van der Waals surface area (Å²) in [5.74, 6) is 2.05. The Kier molecular flexibility index (Phi) is 7.02. The number of carbonyl (C=O) groups excluding carboxylic acids is 1. The molecule has 90 valence electrons. The van der Waals surface area contributed by atoms with Gasteiger partial charge in [0.25, 0.3) is 0 Å². The van der Waals surface area contributed by atoms with E-state index >= 15 is 0 Å². The standard InChI is InChI=1S/C11H23NO2S/c1-6-15-7-9(2)12-8-11(3,4)10(13)14-5/h9,12H,6-8H2,1-5H3. The molecule has 0 aliphatic heterocycles. The fraction of sp³-hybridized carbons (Fsp3) is 0.909. The minimum absolute atomic E-state index is 0.162. The Bertz CT molecular complexity index is 195. The number of nitrogens with one attached hydrogen (secondary N) is 1. The van der Waals surface area contributed by atoms with Crippen molar-refractivity contribution >= 4 is 17.7 Å². The van der Waals surface area contributed by atoms with Crippen LogP contribution in [0.3, 0.4) is 0 Å². The van der Waals surface area contributed by atoms with E-state index in [1.165, 1.54) is 7.11 Å². The van der Waals surface area contributed by atoms with E-state index in [-0.39, 0.29) is 5.97 Å². The zero-order chi connectivity index (χ0) is 11.9. The Hall–Kier alpha value is -0.220. The van der Waals surface area contributed by atoms with Crippen molar-refractivity contribution in [2.75, 3.05) is 25.2 Å². The molecule has 0 rings (SSSR count). The number of carbonyl (C=O) groups is 1. The quantitative estimate of drug-likeness (QED) is 0.682. The molecule has 0 saturated carbocycles. The molecular weight excluding hydrogens is 210 g/mol. The average Bonchev–Trinajstić information content (AvgIpc) is 2.22. The highest BCUT2D eigenvalue weighted by Crippen LogP contribution is 2.15. The highest BCUT2D eigenvalue weighted by atomic mass is 32.2. The van der Waals surface area contributed by atoms with Crippen LogP contribution in [0.5, 0.6) is 0 Å². The lowest BCUT2D eigenvalue weighted by Crippen LogP contribution is -2.41. The maximum absolute atomic E-state index is 11.4. The molecule has 0 amide bonds. The van der Waals surface area contributed by atoms with Crippen molar-refractivity contribution in [3.63, 3.8) is 0 Å². The summed E-state index contributed by atoms with van der Waals surface area (Å²) >= 11 is 1.90. The Morgan fingerprint density at radius 1 is 1.53 bits per heavy atom. The normalized spacial score (nSPS) is 13.7. The van der Waals surface area contributed by atoms with Crippen molar-refractivity contribution in [3.8, 4) is 0 Å². The van der Waals surface area contributed by atoms with Gasteiger partial charge < -0.3 is 10.1 Å². The molecule has 4 heteroatoms. The molecule has 0 bridgehead atoms. The van der Waals surface area contributed by atoms with Gasteiger partial charge in [-0.3, -0.25) is 4.79 Å². The maximum atomic E-state index is 11.4. The van der Waals surface area contributed by atoms with Crippen LogP contribution in [0.15, 0.2) is 0 Å². The van der Waals surface area contributed by atoms with Gasteiger partial charge >= 0.3 is 5.97 Å². The van der Waals surface area contributed by atoms with Gasteiger partial charge in [0.2, 0.25) is 0 Å². The smallest absolute Gasteiger partial charge is 0.312 e. The molecule has 0 aliphatic carbocycles. The summed E-state index contributed by atoms with van der Waals surface area (Å²) in [6, 6.07) is 0.430. The summed E-state index contributed by atoms with van der Waals surface area (Å²) in [4.78, 5) is 11.4. The highest BCUT2D eigenvalue weighted by molar-refractivity contribution is 7.99. The molecule has 0 radical (unpaired) electrons. The van der Waals surface area contributed by atoms with Gasteiger partial charge in [-0.25, -0.2) is 0 Å². The van der Waals surface area contributed by atoms with Gasteiger partial charge in [-0.05, 0) is 26.5 Å². The Morgan fingerprint density at radius 3 is 2.60 bits per heavy atom. The second-order valence-corrected chi connectivity index (χ2v) is 5.64. The monoisotopic (exact) mass is 233 g/mol. The minimum atomic E-state index is -0.445. The van der Waals surface area contributed by atoms with E-state index in [1.807, 2.05) is 25.6 Å². The lowest BCUT2D eigenvalue weighted by atomic mass is 9.93.